The molecule has 0 saturated carbocycles. The Morgan fingerprint density at radius 1 is 0.879 bits per heavy atom. The van der Waals surface area contributed by atoms with Crippen LogP contribution in [0.3, 0.4) is 0 Å². The minimum absolute atomic E-state index is 0.201. The smallest absolute Gasteiger partial charge is 0.256 e. The molecule has 1 aromatic heterocycles. The fourth-order valence-corrected chi connectivity index (χ4v) is 3.62. The van der Waals surface area contributed by atoms with Gasteiger partial charge in [-0.15, -0.1) is 0 Å². The molecule has 0 aliphatic carbocycles. The summed E-state index contributed by atoms with van der Waals surface area (Å²) in [6, 6.07) is 23.6. The lowest BCUT2D eigenvalue weighted by Crippen LogP contribution is -2.14. The molecule has 0 aliphatic heterocycles. The second kappa shape index (κ2) is 10.1. The van der Waals surface area contributed by atoms with Gasteiger partial charge in [-0.1, -0.05) is 24.3 Å². The predicted molar refractivity (Wildman–Crippen MR) is 132 cm³/mol. The summed E-state index contributed by atoms with van der Waals surface area (Å²) in [5.41, 5.74) is 6.97. The number of carbonyl (C=O) groups is 1. The molecule has 33 heavy (non-hydrogen) atoms. The molecule has 4 rings (SSSR count). The second-order valence-electron chi connectivity index (χ2n) is 8.02. The Bertz CT molecular complexity index is 1240. The van der Waals surface area contributed by atoms with E-state index in [0.29, 0.717) is 11.3 Å². The summed E-state index contributed by atoms with van der Waals surface area (Å²) in [5.74, 6) is -0.504. The van der Waals surface area contributed by atoms with Crippen LogP contribution in [0.25, 0.3) is 11.1 Å². The zero-order chi connectivity index (χ0) is 23.2. The maximum atomic E-state index is 13.4. The predicted octanol–water partition coefficient (Wildman–Crippen LogP) is 6.41. The van der Waals surface area contributed by atoms with E-state index >= 15 is 0 Å². The van der Waals surface area contributed by atoms with Gasteiger partial charge in [0.15, 0.2) is 0 Å². The van der Waals surface area contributed by atoms with E-state index in [-0.39, 0.29) is 11.7 Å². The Morgan fingerprint density at radius 3 is 2.27 bits per heavy atom. The van der Waals surface area contributed by atoms with Gasteiger partial charge in [0.2, 0.25) is 0 Å². The molecule has 0 bridgehead atoms. The minimum Gasteiger partial charge on any atom is -0.385 e. The van der Waals surface area contributed by atoms with Crippen LogP contribution in [0.2, 0.25) is 0 Å². The normalized spacial score (nSPS) is 10.6. The quantitative estimate of drug-likeness (QED) is 0.350. The Balaban J connectivity index is 1.45. The van der Waals surface area contributed by atoms with Crippen LogP contribution in [-0.2, 0) is 6.42 Å². The Kier molecular flexibility index (Phi) is 6.79. The van der Waals surface area contributed by atoms with Crippen LogP contribution in [0.15, 0.2) is 85.1 Å². The number of pyridine rings is 1. The Morgan fingerprint density at radius 2 is 1.58 bits per heavy atom. The van der Waals surface area contributed by atoms with Crippen LogP contribution in [0.4, 0.5) is 15.8 Å². The van der Waals surface area contributed by atoms with Crippen LogP contribution in [0.5, 0.6) is 0 Å². The number of nitrogens with zero attached hydrogens (tertiary/aromatic N) is 1. The van der Waals surface area contributed by atoms with E-state index in [4.69, 9.17) is 0 Å². The van der Waals surface area contributed by atoms with E-state index in [1.807, 2.05) is 68.4 Å². The first-order valence-corrected chi connectivity index (χ1v) is 10.9. The minimum atomic E-state index is -0.303. The molecule has 0 aliphatic rings. The molecule has 0 atom stereocenters. The molecule has 0 fully saturated rings. The summed E-state index contributed by atoms with van der Waals surface area (Å²) in [6.07, 6.45) is 2.63. The van der Waals surface area contributed by atoms with Gasteiger partial charge in [0.05, 0.1) is 0 Å². The first kappa shape index (κ1) is 22.2. The topological polar surface area (TPSA) is 54.0 Å². The van der Waals surface area contributed by atoms with E-state index < -0.39 is 0 Å². The maximum Gasteiger partial charge on any atom is 0.256 e. The van der Waals surface area contributed by atoms with E-state index in [1.54, 1.807) is 18.3 Å². The van der Waals surface area contributed by atoms with E-state index in [1.165, 1.54) is 12.1 Å². The highest BCUT2D eigenvalue weighted by atomic mass is 19.1. The van der Waals surface area contributed by atoms with Crippen molar-refractivity contribution in [3.8, 4) is 11.1 Å². The molecule has 1 heterocycles. The number of benzene rings is 3. The molecule has 0 saturated heterocycles. The number of rotatable bonds is 7. The summed E-state index contributed by atoms with van der Waals surface area (Å²) in [6.45, 7) is 4.75. The third-order valence-electron chi connectivity index (χ3n) is 5.61. The van der Waals surface area contributed by atoms with Gasteiger partial charge >= 0.3 is 0 Å². The monoisotopic (exact) mass is 439 g/mol. The summed E-state index contributed by atoms with van der Waals surface area (Å²) in [7, 11) is 0. The number of hydrogen-bond donors (Lipinski definition) is 2. The first-order valence-electron chi connectivity index (χ1n) is 10.9. The van der Waals surface area contributed by atoms with Gasteiger partial charge in [-0.05, 0) is 90.7 Å². The fourth-order valence-electron chi connectivity index (χ4n) is 3.62. The molecule has 1 amide bonds. The third-order valence-corrected chi connectivity index (χ3v) is 5.61. The standard InChI is InChI=1S/C28H26FN3O/c1-19-17-26(21-6-8-22(29)9-7-21)27(18-20(19)2)28(33)32-25-12-10-24(11-13-25)31-16-14-23-5-3-4-15-30-23/h3-13,15,17-18,31H,14,16H2,1-2H3,(H,32,33). The largest absolute Gasteiger partial charge is 0.385 e. The SMILES string of the molecule is Cc1cc(C(=O)Nc2ccc(NCCc3ccccn3)cc2)c(-c2ccc(F)cc2)cc1C. The summed E-state index contributed by atoms with van der Waals surface area (Å²) < 4.78 is 13.4. The summed E-state index contributed by atoms with van der Waals surface area (Å²) in [5, 5.41) is 6.36. The van der Waals surface area contributed by atoms with Crippen molar-refractivity contribution < 1.29 is 9.18 Å². The van der Waals surface area contributed by atoms with Gasteiger partial charge < -0.3 is 10.6 Å². The number of carbonyl (C=O) groups excluding carboxylic acids is 1. The van der Waals surface area contributed by atoms with Crippen LogP contribution < -0.4 is 10.6 Å². The van der Waals surface area contributed by atoms with Gasteiger partial charge in [-0.25, -0.2) is 4.39 Å². The number of aryl methyl sites for hydroxylation is 2. The number of amides is 1. The number of halogens is 1. The highest BCUT2D eigenvalue weighted by Gasteiger charge is 2.15. The van der Waals surface area contributed by atoms with Crippen molar-refractivity contribution >= 4 is 17.3 Å². The fraction of sp³-hybridized carbons (Fsp3) is 0.143. The molecule has 4 nitrogen and oxygen atoms in total. The number of nitrogens with one attached hydrogen (secondary N) is 2. The highest BCUT2D eigenvalue weighted by molar-refractivity contribution is 6.09. The van der Waals surface area contributed by atoms with Crippen molar-refractivity contribution in [3.05, 3.63) is 113 Å². The van der Waals surface area contributed by atoms with E-state index in [9.17, 15) is 9.18 Å². The second-order valence-corrected chi connectivity index (χ2v) is 8.02. The summed E-state index contributed by atoms with van der Waals surface area (Å²) >= 11 is 0. The average Bonchev–Trinajstić information content (AvgIpc) is 2.83. The molecular weight excluding hydrogens is 413 g/mol. The van der Waals surface area contributed by atoms with E-state index in [0.717, 1.165) is 46.6 Å². The lowest BCUT2D eigenvalue weighted by Gasteiger charge is -2.14. The Hall–Kier alpha value is -3.99. The lowest BCUT2D eigenvalue weighted by molar-refractivity contribution is 0.102. The van der Waals surface area contributed by atoms with Gasteiger partial charge in [0.1, 0.15) is 5.82 Å². The van der Waals surface area contributed by atoms with Crippen molar-refractivity contribution in [1.82, 2.24) is 4.98 Å². The number of aromatic nitrogens is 1. The molecule has 0 radical (unpaired) electrons. The van der Waals surface area contributed by atoms with Crippen molar-refractivity contribution in [2.24, 2.45) is 0 Å². The van der Waals surface area contributed by atoms with Crippen molar-refractivity contribution in [1.29, 1.82) is 0 Å². The van der Waals surface area contributed by atoms with Gasteiger partial charge in [-0.3, -0.25) is 9.78 Å². The molecular formula is C28H26FN3O. The zero-order valence-electron chi connectivity index (χ0n) is 18.7. The van der Waals surface area contributed by atoms with Crippen LogP contribution >= 0.6 is 0 Å². The summed E-state index contributed by atoms with van der Waals surface area (Å²) in [4.78, 5) is 17.5. The van der Waals surface area contributed by atoms with Crippen molar-refractivity contribution in [2.75, 3.05) is 17.2 Å². The number of anilines is 2. The van der Waals surface area contributed by atoms with Gasteiger partial charge in [-0.2, -0.15) is 0 Å². The molecule has 0 spiro atoms. The molecule has 5 heteroatoms. The molecule has 166 valence electrons. The highest BCUT2D eigenvalue weighted by Crippen LogP contribution is 2.28. The van der Waals surface area contributed by atoms with E-state index in [2.05, 4.69) is 15.6 Å². The van der Waals surface area contributed by atoms with Crippen LogP contribution in [0, 0.1) is 19.7 Å². The van der Waals surface area contributed by atoms with Crippen LogP contribution in [0.1, 0.15) is 27.2 Å². The molecule has 3 aromatic carbocycles. The zero-order valence-corrected chi connectivity index (χ0v) is 18.7. The molecule has 0 unspecified atom stereocenters. The van der Waals surface area contributed by atoms with Crippen molar-refractivity contribution in [3.63, 3.8) is 0 Å². The Labute approximate surface area is 193 Å². The third kappa shape index (κ3) is 5.63. The molecule has 4 aromatic rings. The van der Waals surface area contributed by atoms with Crippen LogP contribution in [-0.4, -0.2) is 17.4 Å². The molecule has 2 N–H and O–H groups in total. The number of hydrogen-bond acceptors (Lipinski definition) is 3. The lowest BCUT2D eigenvalue weighted by atomic mass is 9.94. The van der Waals surface area contributed by atoms with Gasteiger partial charge in [0, 0.05) is 41.8 Å². The maximum absolute atomic E-state index is 13.4. The van der Waals surface area contributed by atoms with Gasteiger partial charge in [0.25, 0.3) is 5.91 Å². The van der Waals surface area contributed by atoms with Crippen molar-refractivity contribution in [2.45, 2.75) is 20.3 Å². The average molecular weight is 440 g/mol. The first-order chi connectivity index (χ1) is 16.0.